The van der Waals surface area contributed by atoms with Gasteiger partial charge in [-0.25, -0.2) is 4.98 Å². The molecule has 4 aromatic heterocycles. The van der Waals surface area contributed by atoms with Crippen LogP contribution in [-0.2, 0) is 19.8 Å². The number of alkyl halides is 3. The molecule has 4 rings (SSSR count). The highest BCUT2D eigenvalue weighted by Gasteiger charge is 2.35. The van der Waals surface area contributed by atoms with Crippen LogP contribution in [0.5, 0.6) is 0 Å². The molecule has 0 aliphatic heterocycles. The number of thiophene rings is 1. The van der Waals surface area contributed by atoms with Gasteiger partial charge >= 0.3 is 6.18 Å². The second-order valence-corrected chi connectivity index (χ2v) is 9.01. The fourth-order valence-corrected chi connectivity index (χ4v) is 4.98. The minimum absolute atomic E-state index is 0.00465. The van der Waals surface area contributed by atoms with E-state index in [0.29, 0.717) is 46.1 Å². The summed E-state index contributed by atoms with van der Waals surface area (Å²) in [6, 6.07) is 0.903. The molecule has 13 heteroatoms. The number of nitrogens with one attached hydrogen (secondary N) is 1. The molecular weight excluding hydrogens is 483 g/mol. The van der Waals surface area contributed by atoms with E-state index < -0.39 is 23.7 Å². The number of nitrogens with two attached hydrogens (primary N) is 1. The molecule has 0 aromatic carbocycles. The Hall–Kier alpha value is -3.74. The van der Waals surface area contributed by atoms with Gasteiger partial charge in [0.25, 0.3) is 11.8 Å². The summed E-state index contributed by atoms with van der Waals surface area (Å²) in [6.45, 7) is 7.39. The van der Waals surface area contributed by atoms with Crippen LogP contribution in [0.15, 0.2) is 12.3 Å². The number of hydrogen-bond donors (Lipinski definition) is 2. The van der Waals surface area contributed by atoms with E-state index >= 15 is 0 Å². The molecular formula is C22H22F3N7O2S. The van der Waals surface area contributed by atoms with Gasteiger partial charge in [-0.2, -0.15) is 23.4 Å². The molecule has 0 atom stereocenters. The van der Waals surface area contributed by atoms with Crippen molar-refractivity contribution in [3.05, 3.63) is 45.5 Å². The summed E-state index contributed by atoms with van der Waals surface area (Å²) in [7, 11) is 1.68. The fourth-order valence-electron chi connectivity index (χ4n) is 3.97. The van der Waals surface area contributed by atoms with E-state index in [9.17, 15) is 22.8 Å². The van der Waals surface area contributed by atoms with Gasteiger partial charge in [0, 0.05) is 36.4 Å². The van der Waals surface area contributed by atoms with E-state index in [2.05, 4.69) is 20.5 Å². The summed E-state index contributed by atoms with van der Waals surface area (Å²) in [6.07, 6.45) is -3.12. The normalized spacial score (nSPS) is 11.9. The lowest BCUT2D eigenvalue weighted by atomic mass is 10.0. The number of pyridine rings is 1. The summed E-state index contributed by atoms with van der Waals surface area (Å²) < 4.78 is 44.3. The molecule has 184 valence electrons. The Morgan fingerprint density at radius 1 is 1.14 bits per heavy atom. The fraction of sp³-hybridized carbons (Fsp3) is 0.318. The molecule has 4 aromatic rings. The standard InChI is InChI=1S/C22H22F3N7O2S/c1-6-32-8-13(9(2)30-32)12-7-14(22(23,24)25)27-21-16(12)17(18(35-21)19(26)33)28-20(34)15-10(3)29-31(5)11(15)4/h7-8H,6H2,1-5H3,(H2,26,33)(H,28,34). The zero-order valence-electron chi connectivity index (χ0n) is 19.5. The number of rotatable bonds is 5. The number of halogens is 3. The minimum Gasteiger partial charge on any atom is -0.365 e. The first-order chi connectivity index (χ1) is 16.3. The maximum atomic E-state index is 13.7. The Balaban J connectivity index is 2.02. The Morgan fingerprint density at radius 3 is 2.34 bits per heavy atom. The molecule has 0 aliphatic carbocycles. The number of aromatic nitrogens is 5. The predicted molar refractivity (Wildman–Crippen MR) is 125 cm³/mol. The third kappa shape index (κ3) is 4.16. The van der Waals surface area contributed by atoms with Crippen LogP contribution in [0.2, 0.25) is 0 Å². The Kier molecular flexibility index (Phi) is 5.91. The molecule has 0 saturated heterocycles. The maximum absolute atomic E-state index is 13.7. The minimum atomic E-state index is -4.73. The van der Waals surface area contributed by atoms with Gasteiger partial charge in [-0.15, -0.1) is 11.3 Å². The molecule has 35 heavy (non-hydrogen) atoms. The second-order valence-electron chi connectivity index (χ2n) is 8.01. The van der Waals surface area contributed by atoms with Crippen LogP contribution in [0.1, 0.15) is 49.7 Å². The van der Waals surface area contributed by atoms with Gasteiger partial charge < -0.3 is 11.1 Å². The highest BCUT2D eigenvalue weighted by atomic mass is 32.1. The number of fused-ring (bicyclic) bond motifs is 1. The third-order valence-electron chi connectivity index (χ3n) is 5.71. The summed E-state index contributed by atoms with van der Waals surface area (Å²) in [5, 5.41) is 11.5. The number of aryl methyl sites for hydroxylation is 4. The Labute approximate surface area is 201 Å². The molecule has 9 nitrogen and oxygen atoms in total. The number of carbonyl (C=O) groups excluding carboxylic acids is 2. The van der Waals surface area contributed by atoms with Crippen molar-refractivity contribution in [2.75, 3.05) is 5.32 Å². The number of amides is 2. The van der Waals surface area contributed by atoms with E-state index in [-0.39, 0.29) is 26.3 Å². The summed E-state index contributed by atoms with van der Waals surface area (Å²) in [5.41, 5.74) is 6.81. The van der Waals surface area contributed by atoms with Crippen molar-refractivity contribution < 1.29 is 22.8 Å². The van der Waals surface area contributed by atoms with E-state index in [1.807, 2.05) is 6.92 Å². The lowest BCUT2D eigenvalue weighted by molar-refractivity contribution is -0.140. The van der Waals surface area contributed by atoms with Gasteiger partial charge in [0.05, 0.1) is 22.6 Å². The number of hydrogen-bond acceptors (Lipinski definition) is 6. The molecule has 0 spiro atoms. The van der Waals surface area contributed by atoms with E-state index in [1.165, 1.54) is 4.68 Å². The van der Waals surface area contributed by atoms with Crippen LogP contribution in [0.3, 0.4) is 0 Å². The van der Waals surface area contributed by atoms with Crippen LogP contribution in [-0.4, -0.2) is 36.4 Å². The van der Waals surface area contributed by atoms with Crippen LogP contribution in [0.25, 0.3) is 21.3 Å². The number of primary amides is 1. The highest BCUT2D eigenvalue weighted by molar-refractivity contribution is 7.21. The van der Waals surface area contributed by atoms with E-state index in [4.69, 9.17) is 5.73 Å². The van der Waals surface area contributed by atoms with Crippen LogP contribution < -0.4 is 11.1 Å². The van der Waals surface area contributed by atoms with Crippen molar-refractivity contribution in [2.24, 2.45) is 12.8 Å². The first-order valence-corrected chi connectivity index (χ1v) is 11.4. The van der Waals surface area contributed by atoms with Crippen LogP contribution in [0.4, 0.5) is 18.9 Å². The summed E-state index contributed by atoms with van der Waals surface area (Å²) >= 11 is 0.692. The maximum Gasteiger partial charge on any atom is 0.433 e. The third-order valence-corrected chi connectivity index (χ3v) is 6.81. The van der Waals surface area contributed by atoms with Crippen molar-refractivity contribution >= 4 is 39.1 Å². The van der Waals surface area contributed by atoms with Gasteiger partial charge in [0.1, 0.15) is 15.4 Å². The van der Waals surface area contributed by atoms with Crippen molar-refractivity contribution in [3.8, 4) is 11.1 Å². The largest absolute Gasteiger partial charge is 0.433 e. The number of carbonyl (C=O) groups is 2. The Morgan fingerprint density at radius 2 is 1.83 bits per heavy atom. The SMILES string of the molecule is CCn1cc(-c2cc(C(F)(F)F)nc3sc(C(N)=O)c(NC(=O)c4c(C)nn(C)c4C)c23)c(C)n1. The zero-order chi connectivity index (χ0) is 25.8. The van der Waals surface area contributed by atoms with Gasteiger partial charge in [-0.1, -0.05) is 0 Å². The molecule has 0 bridgehead atoms. The predicted octanol–water partition coefficient (Wildman–Crippen LogP) is 4.21. The average Bonchev–Trinajstić information content (AvgIpc) is 3.40. The topological polar surface area (TPSA) is 121 Å². The quantitative estimate of drug-likeness (QED) is 0.421. The van der Waals surface area contributed by atoms with Crippen LogP contribution >= 0.6 is 11.3 Å². The van der Waals surface area contributed by atoms with Gasteiger partial charge in [0.2, 0.25) is 0 Å². The zero-order valence-corrected chi connectivity index (χ0v) is 20.4. The first-order valence-electron chi connectivity index (χ1n) is 10.5. The smallest absolute Gasteiger partial charge is 0.365 e. The van der Waals surface area contributed by atoms with Crippen molar-refractivity contribution in [1.29, 1.82) is 0 Å². The summed E-state index contributed by atoms with van der Waals surface area (Å²) in [5.74, 6) is -1.47. The van der Waals surface area contributed by atoms with Crippen LogP contribution in [0, 0.1) is 20.8 Å². The van der Waals surface area contributed by atoms with Crippen molar-refractivity contribution in [1.82, 2.24) is 24.5 Å². The first kappa shape index (κ1) is 24.4. The molecule has 0 saturated carbocycles. The molecule has 0 fully saturated rings. The van der Waals surface area contributed by atoms with Gasteiger partial charge in [-0.3, -0.25) is 19.0 Å². The molecule has 0 aliphatic rings. The van der Waals surface area contributed by atoms with Crippen molar-refractivity contribution in [3.63, 3.8) is 0 Å². The van der Waals surface area contributed by atoms with E-state index in [1.54, 1.807) is 38.7 Å². The van der Waals surface area contributed by atoms with Gasteiger partial charge in [0.15, 0.2) is 0 Å². The molecule has 3 N–H and O–H groups in total. The highest BCUT2D eigenvalue weighted by Crippen LogP contribution is 2.44. The monoisotopic (exact) mass is 505 g/mol. The second kappa shape index (κ2) is 8.48. The average molecular weight is 506 g/mol. The molecule has 4 heterocycles. The van der Waals surface area contributed by atoms with Gasteiger partial charge in [-0.05, 0) is 39.3 Å². The Bertz CT molecular complexity index is 1500. The number of anilines is 1. The number of nitrogens with zero attached hydrogens (tertiary/aromatic N) is 5. The van der Waals surface area contributed by atoms with E-state index in [0.717, 1.165) is 6.07 Å². The molecule has 0 unspecified atom stereocenters. The summed E-state index contributed by atoms with van der Waals surface area (Å²) in [4.78, 5) is 29.1. The molecule has 2 amide bonds. The molecule has 0 radical (unpaired) electrons. The lowest BCUT2D eigenvalue weighted by Crippen LogP contribution is -2.18. The lowest BCUT2D eigenvalue weighted by Gasteiger charge is -2.12. The van der Waals surface area contributed by atoms with Crippen molar-refractivity contribution in [2.45, 2.75) is 40.4 Å².